The zero-order valence-corrected chi connectivity index (χ0v) is 16.7. The van der Waals surface area contributed by atoms with Crippen LogP contribution in [0, 0.1) is 29.5 Å². The van der Waals surface area contributed by atoms with Crippen molar-refractivity contribution < 1.29 is 14.0 Å². The molecule has 31 heavy (non-hydrogen) atoms. The second-order valence-corrected chi connectivity index (χ2v) is 8.55. The smallest absolute Gasteiger partial charge is 0.254 e. The van der Waals surface area contributed by atoms with Crippen LogP contribution in [0.1, 0.15) is 17.5 Å². The van der Waals surface area contributed by atoms with Gasteiger partial charge in [-0.15, -0.1) is 0 Å². The maximum absolute atomic E-state index is 14.2. The Hall–Kier alpha value is -3.54. The largest absolute Gasteiger partial charge is 0.342 e. The van der Waals surface area contributed by atoms with Crippen molar-refractivity contribution >= 4 is 28.9 Å². The lowest BCUT2D eigenvalue weighted by molar-refractivity contribution is -0.140. The van der Waals surface area contributed by atoms with Gasteiger partial charge < -0.3 is 4.57 Å². The Labute approximate surface area is 178 Å². The molecule has 2 bridgehead atoms. The van der Waals surface area contributed by atoms with E-state index in [4.69, 9.17) is 0 Å². The summed E-state index contributed by atoms with van der Waals surface area (Å²) in [6.45, 7) is 0.377. The number of hydrogen-bond donors (Lipinski definition) is 0. The van der Waals surface area contributed by atoms with Crippen molar-refractivity contribution in [2.75, 3.05) is 0 Å². The molecule has 2 amide bonds. The number of imide groups is 1. The third-order valence-corrected chi connectivity index (χ3v) is 6.88. The Morgan fingerprint density at radius 3 is 2.39 bits per heavy atom. The Kier molecular flexibility index (Phi) is 3.96. The van der Waals surface area contributed by atoms with E-state index in [0.29, 0.717) is 12.1 Å². The molecular formula is C25H20FN3O2. The number of rotatable bonds is 4. The fourth-order valence-corrected chi connectivity index (χ4v) is 5.44. The Morgan fingerprint density at radius 1 is 0.968 bits per heavy atom. The summed E-state index contributed by atoms with van der Waals surface area (Å²) in [5.74, 6) is -0.845. The van der Waals surface area contributed by atoms with E-state index in [9.17, 15) is 14.0 Å². The van der Waals surface area contributed by atoms with Crippen LogP contribution in [-0.4, -0.2) is 27.6 Å². The summed E-state index contributed by atoms with van der Waals surface area (Å²) < 4.78 is 16.1. The number of hydrogen-bond acceptors (Lipinski definition) is 3. The molecule has 2 heterocycles. The number of fused-ring (bicyclic) bond motifs is 6. The topological polar surface area (TPSA) is 54.7 Å². The summed E-state index contributed by atoms with van der Waals surface area (Å²) in [6.07, 6.45) is 8.50. The highest BCUT2D eigenvalue weighted by atomic mass is 19.1. The number of halogens is 1. The van der Waals surface area contributed by atoms with Crippen LogP contribution in [0.5, 0.6) is 0 Å². The van der Waals surface area contributed by atoms with E-state index in [1.54, 1.807) is 18.3 Å². The van der Waals surface area contributed by atoms with Crippen molar-refractivity contribution in [3.63, 3.8) is 0 Å². The lowest BCUT2D eigenvalue weighted by Crippen LogP contribution is -2.28. The van der Waals surface area contributed by atoms with E-state index >= 15 is 0 Å². The van der Waals surface area contributed by atoms with Gasteiger partial charge in [0.1, 0.15) is 5.82 Å². The minimum Gasteiger partial charge on any atom is -0.342 e. The summed E-state index contributed by atoms with van der Waals surface area (Å²) in [5, 5.41) is 6.31. The van der Waals surface area contributed by atoms with Crippen LogP contribution < -0.4 is 0 Å². The molecule has 3 aromatic rings. The normalized spacial score (nSPS) is 26.7. The highest BCUT2D eigenvalue weighted by Crippen LogP contribution is 2.52. The summed E-state index contributed by atoms with van der Waals surface area (Å²) in [4.78, 5) is 25.7. The quantitative estimate of drug-likeness (QED) is 0.369. The number of amides is 2. The molecule has 3 aliphatic rings. The summed E-state index contributed by atoms with van der Waals surface area (Å²) in [5.41, 5.74) is 2.31. The van der Waals surface area contributed by atoms with E-state index in [1.165, 1.54) is 6.07 Å². The molecule has 1 saturated heterocycles. The number of para-hydroxylation sites is 1. The van der Waals surface area contributed by atoms with E-state index in [1.807, 2.05) is 41.1 Å². The van der Waals surface area contributed by atoms with Gasteiger partial charge in [0.05, 0.1) is 24.6 Å². The van der Waals surface area contributed by atoms with Gasteiger partial charge in [0.25, 0.3) is 11.8 Å². The average Bonchev–Trinajstić information content (AvgIpc) is 3.53. The molecule has 6 heteroatoms. The standard InChI is InChI=1S/C25H20FN3O2/c26-20-7-3-1-5-17(20)13-28-14-18(19-6-2-4-8-21(19)28)12-27-29-24(30)22-15-9-10-16(11-15)23(22)25(29)31/h1-10,12,14-16,22-23H,11,13H2. The zero-order valence-electron chi connectivity index (χ0n) is 16.7. The monoisotopic (exact) mass is 413 g/mol. The minimum atomic E-state index is -0.262. The van der Waals surface area contributed by atoms with Crippen molar-refractivity contribution in [1.82, 2.24) is 9.58 Å². The van der Waals surface area contributed by atoms with Gasteiger partial charge in [0.15, 0.2) is 0 Å². The third-order valence-electron chi connectivity index (χ3n) is 6.88. The third kappa shape index (κ3) is 2.71. The molecular weight excluding hydrogens is 393 g/mol. The minimum absolute atomic E-state index is 0.161. The van der Waals surface area contributed by atoms with E-state index in [0.717, 1.165) is 27.9 Å². The summed E-state index contributed by atoms with van der Waals surface area (Å²) in [7, 11) is 0. The fraction of sp³-hybridized carbons (Fsp3) is 0.240. The van der Waals surface area contributed by atoms with Gasteiger partial charge in [0.2, 0.25) is 0 Å². The number of carbonyl (C=O) groups excluding carboxylic acids is 2. The van der Waals surface area contributed by atoms with Gasteiger partial charge in [0, 0.05) is 28.2 Å². The predicted molar refractivity (Wildman–Crippen MR) is 115 cm³/mol. The Balaban J connectivity index is 1.33. The molecule has 5 nitrogen and oxygen atoms in total. The predicted octanol–water partition coefficient (Wildman–Crippen LogP) is 3.97. The van der Waals surface area contributed by atoms with Crippen molar-refractivity contribution in [2.45, 2.75) is 13.0 Å². The van der Waals surface area contributed by atoms with Crippen LogP contribution in [-0.2, 0) is 16.1 Å². The molecule has 0 spiro atoms. The Bertz CT molecular complexity index is 1260. The molecule has 2 aliphatic carbocycles. The molecule has 1 aliphatic heterocycles. The Morgan fingerprint density at radius 2 is 1.65 bits per heavy atom. The molecule has 0 N–H and O–H groups in total. The maximum atomic E-state index is 14.2. The number of benzene rings is 2. The first-order valence-electron chi connectivity index (χ1n) is 10.5. The van der Waals surface area contributed by atoms with Crippen molar-refractivity contribution in [2.24, 2.45) is 28.8 Å². The van der Waals surface area contributed by atoms with Crippen LogP contribution in [0.15, 0.2) is 72.0 Å². The number of nitrogens with zero attached hydrogens (tertiary/aromatic N) is 3. The molecule has 1 aromatic heterocycles. The summed E-state index contributed by atoms with van der Waals surface area (Å²) >= 11 is 0. The average molecular weight is 413 g/mol. The molecule has 154 valence electrons. The van der Waals surface area contributed by atoms with Crippen LogP contribution in [0.2, 0.25) is 0 Å². The van der Waals surface area contributed by atoms with Gasteiger partial charge in [-0.1, -0.05) is 48.6 Å². The highest BCUT2D eigenvalue weighted by Gasteiger charge is 2.59. The zero-order chi connectivity index (χ0) is 21.1. The van der Waals surface area contributed by atoms with Crippen LogP contribution in [0.25, 0.3) is 10.9 Å². The molecule has 0 radical (unpaired) electrons. The number of hydrazone groups is 1. The fourth-order valence-electron chi connectivity index (χ4n) is 5.44. The van der Waals surface area contributed by atoms with Gasteiger partial charge >= 0.3 is 0 Å². The first kappa shape index (κ1) is 18.2. The molecule has 2 aromatic carbocycles. The lowest BCUT2D eigenvalue weighted by Gasteiger charge is -2.13. The lowest BCUT2D eigenvalue weighted by atomic mass is 9.85. The van der Waals surface area contributed by atoms with Gasteiger partial charge in [-0.2, -0.15) is 10.1 Å². The summed E-state index contributed by atoms with van der Waals surface area (Å²) in [6, 6.07) is 14.5. The molecule has 4 atom stereocenters. The second kappa shape index (κ2) is 6.74. The number of allylic oxidation sites excluding steroid dienone is 2. The first-order valence-corrected chi connectivity index (χ1v) is 10.5. The number of aromatic nitrogens is 1. The van der Waals surface area contributed by atoms with E-state index in [2.05, 4.69) is 17.3 Å². The van der Waals surface area contributed by atoms with Gasteiger partial charge in [-0.05, 0) is 30.4 Å². The SMILES string of the molecule is O=C1C2C3C=CC(C3)C2C(=O)N1N=Cc1cn(Cc2ccccc2F)c2ccccc12. The first-order chi connectivity index (χ1) is 15.1. The van der Waals surface area contributed by atoms with Crippen molar-refractivity contribution in [3.05, 3.63) is 83.8 Å². The number of carbonyl (C=O) groups is 2. The highest BCUT2D eigenvalue weighted by molar-refractivity contribution is 6.07. The molecule has 1 saturated carbocycles. The van der Waals surface area contributed by atoms with Crippen LogP contribution in [0.3, 0.4) is 0 Å². The van der Waals surface area contributed by atoms with E-state index in [-0.39, 0.29) is 41.3 Å². The molecule has 4 unspecified atom stereocenters. The van der Waals surface area contributed by atoms with Gasteiger partial charge in [-0.3, -0.25) is 9.59 Å². The van der Waals surface area contributed by atoms with Gasteiger partial charge in [-0.25, -0.2) is 4.39 Å². The van der Waals surface area contributed by atoms with Crippen LogP contribution >= 0.6 is 0 Å². The molecule has 6 rings (SSSR count). The van der Waals surface area contributed by atoms with Crippen LogP contribution in [0.4, 0.5) is 4.39 Å². The van der Waals surface area contributed by atoms with E-state index < -0.39 is 0 Å². The second-order valence-electron chi connectivity index (χ2n) is 8.55. The van der Waals surface area contributed by atoms with Crippen molar-refractivity contribution in [1.29, 1.82) is 0 Å². The van der Waals surface area contributed by atoms with Crippen molar-refractivity contribution in [3.8, 4) is 0 Å². The maximum Gasteiger partial charge on any atom is 0.254 e. The molecule has 2 fully saturated rings.